The average Bonchev–Trinajstić information content (AvgIpc) is 2.48. The molecule has 0 unspecified atom stereocenters. The quantitative estimate of drug-likeness (QED) is 0.701. The van der Waals surface area contributed by atoms with Crippen molar-refractivity contribution in [3.05, 3.63) is 28.6 Å². The molecule has 0 spiro atoms. The largest absolute Gasteiger partial charge is 0.461 e. The van der Waals surface area contributed by atoms with Crippen molar-refractivity contribution in [2.24, 2.45) is 0 Å². The lowest BCUT2D eigenvalue weighted by Crippen LogP contribution is -1.81. The molecule has 3 nitrogen and oxygen atoms in total. The summed E-state index contributed by atoms with van der Waals surface area (Å²) in [5.74, 6) is 0. The molecule has 0 atom stereocenters. The molecule has 12 heavy (non-hydrogen) atoms. The Bertz CT molecular complexity index is 436. The van der Waals surface area contributed by atoms with Crippen LogP contribution < -0.4 is 0 Å². The monoisotopic (exact) mass is 225 g/mol. The number of carbonyl (C=O) groups is 1. The van der Waals surface area contributed by atoms with E-state index >= 15 is 0 Å². The topological polar surface area (TPSA) is 43.1 Å². The summed E-state index contributed by atoms with van der Waals surface area (Å²) in [4.78, 5) is 14.6. The fourth-order valence-electron chi connectivity index (χ4n) is 1.02. The third-order valence-corrected chi connectivity index (χ3v) is 2.13. The second-order valence-electron chi connectivity index (χ2n) is 2.28. The minimum absolute atomic E-state index is 0.519. The van der Waals surface area contributed by atoms with Crippen molar-refractivity contribution in [2.45, 2.75) is 0 Å². The van der Waals surface area contributed by atoms with Gasteiger partial charge < -0.3 is 4.42 Å². The highest BCUT2D eigenvalue weighted by Crippen LogP contribution is 2.25. The van der Waals surface area contributed by atoms with E-state index in [0.29, 0.717) is 16.7 Å². The van der Waals surface area contributed by atoms with Gasteiger partial charge in [-0.1, -0.05) is 0 Å². The summed E-state index contributed by atoms with van der Waals surface area (Å²) in [6, 6.07) is 1.62. The van der Waals surface area contributed by atoms with Crippen LogP contribution in [0, 0.1) is 0 Å². The number of hydrogen-bond donors (Lipinski definition) is 0. The Kier molecular flexibility index (Phi) is 1.69. The maximum absolute atomic E-state index is 10.5. The number of furan rings is 1. The molecular weight excluding hydrogens is 222 g/mol. The first-order valence-corrected chi connectivity index (χ1v) is 4.09. The van der Waals surface area contributed by atoms with Crippen LogP contribution in [0.25, 0.3) is 11.1 Å². The predicted molar refractivity (Wildman–Crippen MR) is 47.1 cm³/mol. The highest BCUT2D eigenvalue weighted by Gasteiger charge is 2.07. The Balaban J connectivity index is 2.89. The number of aromatic nitrogens is 1. The number of aldehydes is 1. The Morgan fingerprint density at radius 3 is 3.17 bits per heavy atom. The van der Waals surface area contributed by atoms with Gasteiger partial charge in [-0.3, -0.25) is 9.78 Å². The van der Waals surface area contributed by atoms with Crippen LogP contribution >= 0.6 is 15.9 Å². The number of carbonyl (C=O) groups excluding carboxylic acids is 1. The van der Waals surface area contributed by atoms with E-state index in [9.17, 15) is 4.79 Å². The summed E-state index contributed by atoms with van der Waals surface area (Å²) in [6.07, 6.45) is 3.84. The van der Waals surface area contributed by atoms with Gasteiger partial charge in [0.25, 0.3) is 0 Å². The average molecular weight is 226 g/mol. The molecule has 0 N–H and O–H groups in total. The van der Waals surface area contributed by atoms with Crippen LogP contribution in [0.1, 0.15) is 10.4 Å². The van der Waals surface area contributed by atoms with E-state index in [1.807, 2.05) is 0 Å². The molecule has 2 aromatic heterocycles. The molecule has 0 radical (unpaired) electrons. The lowest BCUT2D eigenvalue weighted by Gasteiger charge is -1.90. The van der Waals surface area contributed by atoms with Gasteiger partial charge >= 0.3 is 0 Å². The van der Waals surface area contributed by atoms with E-state index < -0.39 is 0 Å². The second kappa shape index (κ2) is 2.71. The zero-order valence-corrected chi connectivity index (χ0v) is 7.54. The van der Waals surface area contributed by atoms with E-state index in [2.05, 4.69) is 20.9 Å². The van der Waals surface area contributed by atoms with Gasteiger partial charge in [-0.15, -0.1) is 0 Å². The first-order chi connectivity index (χ1) is 5.83. The van der Waals surface area contributed by atoms with Crippen LogP contribution in [-0.4, -0.2) is 11.3 Å². The van der Waals surface area contributed by atoms with Gasteiger partial charge in [0.15, 0.2) is 11.9 Å². The summed E-state index contributed by atoms with van der Waals surface area (Å²) in [5, 5.41) is 0. The fourth-order valence-corrected chi connectivity index (χ4v) is 1.39. The van der Waals surface area contributed by atoms with Crippen molar-refractivity contribution >= 4 is 33.3 Å². The molecule has 0 aliphatic carbocycles. The smallest absolute Gasteiger partial charge is 0.164 e. The highest BCUT2D eigenvalue weighted by molar-refractivity contribution is 9.10. The van der Waals surface area contributed by atoms with E-state index in [-0.39, 0.29) is 0 Å². The first-order valence-electron chi connectivity index (χ1n) is 3.30. The normalized spacial score (nSPS) is 10.4. The number of fused-ring (bicyclic) bond motifs is 1. The summed E-state index contributed by atoms with van der Waals surface area (Å²) in [6.45, 7) is 0. The Morgan fingerprint density at radius 2 is 2.42 bits per heavy atom. The van der Waals surface area contributed by atoms with E-state index in [1.54, 1.807) is 12.3 Å². The van der Waals surface area contributed by atoms with Gasteiger partial charge in [-0.2, -0.15) is 0 Å². The molecule has 2 heterocycles. The van der Waals surface area contributed by atoms with Crippen LogP contribution in [0.4, 0.5) is 0 Å². The van der Waals surface area contributed by atoms with Gasteiger partial charge in [0, 0.05) is 6.20 Å². The SMILES string of the molecule is O=Cc1ccnc2c(Br)coc12. The van der Waals surface area contributed by atoms with Crippen LogP contribution in [0.3, 0.4) is 0 Å². The van der Waals surface area contributed by atoms with Gasteiger partial charge in [-0.25, -0.2) is 0 Å². The number of hydrogen-bond acceptors (Lipinski definition) is 3. The maximum atomic E-state index is 10.5. The van der Waals surface area contributed by atoms with Crippen molar-refractivity contribution < 1.29 is 9.21 Å². The molecule has 0 fully saturated rings. The maximum Gasteiger partial charge on any atom is 0.164 e. The number of pyridine rings is 1. The standard InChI is InChI=1S/C8H4BrNO2/c9-6-4-12-8-5(3-11)1-2-10-7(6)8/h1-4H. The van der Waals surface area contributed by atoms with Gasteiger partial charge in [-0.05, 0) is 22.0 Å². The van der Waals surface area contributed by atoms with Crippen molar-refractivity contribution in [3.8, 4) is 0 Å². The second-order valence-corrected chi connectivity index (χ2v) is 3.13. The minimum atomic E-state index is 0.519. The molecule has 0 aliphatic rings. The zero-order chi connectivity index (χ0) is 8.55. The molecule has 0 aliphatic heterocycles. The molecule has 0 bridgehead atoms. The van der Waals surface area contributed by atoms with Gasteiger partial charge in [0.05, 0.1) is 10.0 Å². The number of rotatable bonds is 1. The number of halogens is 1. The van der Waals surface area contributed by atoms with Crippen molar-refractivity contribution in [1.29, 1.82) is 0 Å². The first kappa shape index (κ1) is 7.49. The number of nitrogens with zero attached hydrogens (tertiary/aromatic N) is 1. The molecule has 0 aromatic carbocycles. The Hall–Kier alpha value is -1.16. The lowest BCUT2D eigenvalue weighted by molar-refractivity contribution is 0.112. The molecule has 2 rings (SSSR count). The van der Waals surface area contributed by atoms with Crippen molar-refractivity contribution in [1.82, 2.24) is 4.98 Å². The van der Waals surface area contributed by atoms with E-state index in [1.165, 1.54) is 6.26 Å². The fraction of sp³-hybridized carbons (Fsp3) is 0. The van der Waals surface area contributed by atoms with Crippen LogP contribution in [0.15, 0.2) is 27.4 Å². The molecule has 60 valence electrons. The third-order valence-electron chi connectivity index (χ3n) is 1.57. The highest BCUT2D eigenvalue weighted by atomic mass is 79.9. The molecule has 4 heteroatoms. The lowest BCUT2D eigenvalue weighted by atomic mass is 10.2. The summed E-state index contributed by atoms with van der Waals surface area (Å²) < 4.78 is 5.90. The van der Waals surface area contributed by atoms with E-state index in [0.717, 1.165) is 10.8 Å². The molecular formula is C8H4BrNO2. The van der Waals surface area contributed by atoms with Crippen molar-refractivity contribution in [3.63, 3.8) is 0 Å². The molecule has 0 saturated heterocycles. The Morgan fingerprint density at radius 1 is 1.58 bits per heavy atom. The van der Waals surface area contributed by atoms with Crippen molar-refractivity contribution in [2.75, 3.05) is 0 Å². The van der Waals surface area contributed by atoms with E-state index in [4.69, 9.17) is 4.42 Å². The van der Waals surface area contributed by atoms with Crippen LogP contribution in [-0.2, 0) is 0 Å². The molecule has 2 aromatic rings. The molecule has 0 saturated carbocycles. The summed E-state index contributed by atoms with van der Waals surface area (Å²) in [7, 11) is 0. The van der Waals surface area contributed by atoms with Crippen LogP contribution in [0.5, 0.6) is 0 Å². The summed E-state index contributed by atoms with van der Waals surface area (Å²) >= 11 is 3.26. The summed E-state index contributed by atoms with van der Waals surface area (Å²) in [5.41, 5.74) is 1.73. The van der Waals surface area contributed by atoms with Gasteiger partial charge in [0.1, 0.15) is 11.8 Å². The third kappa shape index (κ3) is 0.956. The minimum Gasteiger partial charge on any atom is -0.461 e. The molecule has 0 amide bonds. The van der Waals surface area contributed by atoms with Gasteiger partial charge in [0.2, 0.25) is 0 Å². The zero-order valence-electron chi connectivity index (χ0n) is 5.95. The Labute approximate surface area is 76.5 Å². The van der Waals surface area contributed by atoms with Crippen LogP contribution in [0.2, 0.25) is 0 Å². The predicted octanol–water partition coefficient (Wildman–Crippen LogP) is 2.40.